The van der Waals surface area contributed by atoms with Crippen LogP contribution in [0.3, 0.4) is 0 Å². The lowest BCUT2D eigenvalue weighted by atomic mass is 10.2. The average Bonchev–Trinajstić information content (AvgIpc) is 1.95. The van der Waals surface area contributed by atoms with Crippen LogP contribution in [-0.4, -0.2) is 6.79 Å². The van der Waals surface area contributed by atoms with Crippen molar-refractivity contribution in [2.24, 2.45) is 0 Å². The Balaban J connectivity index is 2.78. The third kappa shape index (κ3) is 1.78. The minimum Gasteiger partial charge on any atom is -0.318 e. The number of carbonyl (C=O) groups excluding carboxylic acids is 1. The summed E-state index contributed by atoms with van der Waals surface area (Å²) in [7, 11) is 0. The SMILES string of the molecule is C=[O+][CH-]c1ccc(Cl)cc1. The van der Waals surface area contributed by atoms with Crippen LogP contribution >= 0.6 is 11.6 Å². The third-order valence-electron chi connectivity index (χ3n) is 1.09. The molecule has 0 aromatic heterocycles. The van der Waals surface area contributed by atoms with E-state index in [-0.39, 0.29) is 0 Å². The van der Waals surface area contributed by atoms with Gasteiger partial charge in [-0.2, -0.15) is 0 Å². The number of hydrogen-bond donors (Lipinski definition) is 0. The first kappa shape index (κ1) is 7.16. The molecule has 52 valence electrons. The molecule has 0 aliphatic carbocycles. The van der Waals surface area contributed by atoms with Crippen molar-refractivity contribution in [2.45, 2.75) is 0 Å². The Morgan fingerprint density at radius 1 is 1.30 bits per heavy atom. The van der Waals surface area contributed by atoms with Crippen LogP contribution in [0.2, 0.25) is 5.02 Å². The fourth-order valence-electron chi connectivity index (χ4n) is 0.638. The molecule has 0 bridgehead atoms. The fraction of sp³-hybridized carbons (Fsp3) is 0. The maximum Gasteiger partial charge on any atom is 0.231 e. The molecule has 1 rings (SSSR count). The Morgan fingerprint density at radius 3 is 2.40 bits per heavy atom. The highest BCUT2D eigenvalue weighted by Crippen LogP contribution is 2.09. The minimum atomic E-state index is 0.723. The van der Waals surface area contributed by atoms with Gasteiger partial charge in [-0.25, -0.2) is 0 Å². The van der Waals surface area contributed by atoms with Crippen LogP contribution in [-0.2, 0) is 4.42 Å². The van der Waals surface area contributed by atoms with Crippen molar-refractivity contribution in [1.29, 1.82) is 0 Å². The molecule has 10 heavy (non-hydrogen) atoms. The summed E-state index contributed by atoms with van der Waals surface area (Å²) in [6.45, 7) is 4.77. The maximum atomic E-state index is 5.64. The van der Waals surface area contributed by atoms with Gasteiger partial charge in [-0.15, -0.1) is 12.1 Å². The summed E-state index contributed by atoms with van der Waals surface area (Å²) in [5.41, 5.74) is 0.958. The summed E-state index contributed by atoms with van der Waals surface area (Å²) < 4.78 is 4.55. The Hall–Kier alpha value is -0.950. The lowest BCUT2D eigenvalue weighted by Crippen LogP contribution is -1.78. The van der Waals surface area contributed by atoms with Gasteiger partial charge in [-0.1, -0.05) is 29.3 Å². The van der Waals surface area contributed by atoms with E-state index < -0.39 is 0 Å². The second kappa shape index (κ2) is 3.28. The van der Waals surface area contributed by atoms with Crippen LogP contribution < -0.4 is 0 Å². The standard InChI is InChI=1S/C8H7ClO/c1-10-6-7-2-4-8(9)5-3-7/h2-6H,1H2. The largest absolute Gasteiger partial charge is 0.318 e. The molecule has 2 heteroatoms. The van der Waals surface area contributed by atoms with Gasteiger partial charge >= 0.3 is 0 Å². The topological polar surface area (TPSA) is 11.3 Å². The predicted molar refractivity (Wildman–Crippen MR) is 42.0 cm³/mol. The number of hydrogen-bond acceptors (Lipinski definition) is 0. The molecule has 0 N–H and O–H groups in total. The van der Waals surface area contributed by atoms with E-state index in [4.69, 9.17) is 11.6 Å². The summed E-state index contributed by atoms with van der Waals surface area (Å²) >= 11 is 5.64. The average molecular weight is 155 g/mol. The molecule has 0 fully saturated rings. The van der Waals surface area contributed by atoms with Gasteiger partial charge in [0.15, 0.2) is 0 Å². The van der Waals surface area contributed by atoms with E-state index in [1.807, 2.05) is 12.1 Å². The van der Waals surface area contributed by atoms with Gasteiger partial charge in [-0.05, 0) is 0 Å². The van der Waals surface area contributed by atoms with Crippen LogP contribution in [0, 0.1) is 6.61 Å². The minimum absolute atomic E-state index is 0.723. The van der Waals surface area contributed by atoms with Crippen molar-refractivity contribution in [3.05, 3.63) is 41.5 Å². The highest BCUT2D eigenvalue weighted by Gasteiger charge is 1.88. The van der Waals surface area contributed by atoms with E-state index in [0.717, 1.165) is 10.6 Å². The molecule has 1 aromatic carbocycles. The Labute approximate surface area is 64.9 Å². The van der Waals surface area contributed by atoms with Gasteiger partial charge in [0.2, 0.25) is 13.4 Å². The van der Waals surface area contributed by atoms with E-state index in [1.165, 1.54) is 0 Å². The zero-order valence-corrected chi connectivity index (χ0v) is 6.14. The lowest BCUT2D eigenvalue weighted by Gasteiger charge is -1.94. The second-order valence-corrected chi connectivity index (χ2v) is 2.27. The van der Waals surface area contributed by atoms with Gasteiger partial charge in [0.25, 0.3) is 0 Å². The molecule has 0 aliphatic rings. The van der Waals surface area contributed by atoms with Crippen molar-refractivity contribution < 1.29 is 4.42 Å². The summed E-state index contributed by atoms with van der Waals surface area (Å²) in [5.74, 6) is 0. The number of rotatable bonds is 2. The van der Waals surface area contributed by atoms with Gasteiger partial charge in [0, 0.05) is 5.02 Å². The normalized spacial score (nSPS) is 8.90. The van der Waals surface area contributed by atoms with E-state index in [9.17, 15) is 0 Å². The Bertz CT molecular complexity index is 215. The van der Waals surface area contributed by atoms with Crippen molar-refractivity contribution in [3.8, 4) is 0 Å². The van der Waals surface area contributed by atoms with Gasteiger partial charge < -0.3 is 4.42 Å². The smallest absolute Gasteiger partial charge is 0.231 e. The van der Waals surface area contributed by atoms with Gasteiger partial charge in [0.1, 0.15) is 0 Å². The molecule has 0 heterocycles. The third-order valence-corrected chi connectivity index (χ3v) is 1.34. The van der Waals surface area contributed by atoms with E-state index in [0.29, 0.717) is 0 Å². The first-order valence-corrected chi connectivity index (χ1v) is 3.20. The van der Waals surface area contributed by atoms with E-state index in [2.05, 4.69) is 11.2 Å². The van der Waals surface area contributed by atoms with Crippen LogP contribution in [0.25, 0.3) is 0 Å². The molecule has 1 aromatic rings. The van der Waals surface area contributed by atoms with Gasteiger partial charge in [0.05, 0.1) is 0 Å². The molecule has 0 unspecified atom stereocenters. The van der Waals surface area contributed by atoms with Gasteiger partial charge in [-0.3, -0.25) is 0 Å². The predicted octanol–water partition coefficient (Wildman–Crippen LogP) is 2.21. The molecule has 0 amide bonds. The van der Waals surface area contributed by atoms with Crippen molar-refractivity contribution >= 4 is 18.4 Å². The van der Waals surface area contributed by atoms with Crippen LogP contribution in [0.15, 0.2) is 24.3 Å². The zero-order chi connectivity index (χ0) is 7.40. The van der Waals surface area contributed by atoms with Crippen molar-refractivity contribution in [2.75, 3.05) is 0 Å². The van der Waals surface area contributed by atoms with Crippen molar-refractivity contribution in [1.82, 2.24) is 0 Å². The molecular formula is C8H7ClO. The first-order chi connectivity index (χ1) is 4.83. The molecule has 1 nitrogen and oxygen atoms in total. The molecule has 0 saturated carbocycles. The fourth-order valence-corrected chi connectivity index (χ4v) is 0.764. The molecule has 0 radical (unpaired) electrons. The van der Waals surface area contributed by atoms with Crippen LogP contribution in [0.4, 0.5) is 0 Å². The number of halogens is 1. The second-order valence-electron chi connectivity index (χ2n) is 1.84. The quantitative estimate of drug-likeness (QED) is 0.457. The Morgan fingerprint density at radius 2 is 1.90 bits per heavy atom. The Kier molecular flexibility index (Phi) is 2.35. The number of benzene rings is 1. The highest BCUT2D eigenvalue weighted by molar-refractivity contribution is 6.30. The lowest BCUT2D eigenvalue weighted by molar-refractivity contribution is -0.391. The van der Waals surface area contributed by atoms with Crippen molar-refractivity contribution in [3.63, 3.8) is 0 Å². The molecular weight excluding hydrogens is 148 g/mol. The maximum absolute atomic E-state index is 5.64. The first-order valence-electron chi connectivity index (χ1n) is 2.82. The molecule has 0 atom stereocenters. The summed E-state index contributed by atoms with van der Waals surface area (Å²) in [4.78, 5) is 0. The molecule has 0 aliphatic heterocycles. The summed E-state index contributed by atoms with van der Waals surface area (Å²) in [6, 6.07) is 7.31. The van der Waals surface area contributed by atoms with Crippen LogP contribution in [0.1, 0.15) is 5.56 Å². The zero-order valence-electron chi connectivity index (χ0n) is 5.38. The summed E-state index contributed by atoms with van der Waals surface area (Å²) in [5, 5.41) is 0.723. The monoisotopic (exact) mass is 154 g/mol. The van der Waals surface area contributed by atoms with Crippen LogP contribution in [0.5, 0.6) is 0 Å². The van der Waals surface area contributed by atoms with E-state index in [1.54, 1.807) is 18.7 Å². The van der Waals surface area contributed by atoms with E-state index >= 15 is 0 Å². The molecule has 0 spiro atoms. The summed E-state index contributed by atoms with van der Waals surface area (Å²) in [6.07, 6.45) is 0. The highest BCUT2D eigenvalue weighted by atomic mass is 35.5. The molecule has 0 saturated heterocycles.